The van der Waals surface area contributed by atoms with E-state index in [1.165, 1.54) is 11.3 Å². The van der Waals surface area contributed by atoms with Crippen molar-refractivity contribution in [3.8, 4) is 0 Å². The minimum Gasteiger partial charge on any atom is -0.379 e. The van der Waals surface area contributed by atoms with Gasteiger partial charge in [0.2, 0.25) is 0 Å². The summed E-state index contributed by atoms with van der Waals surface area (Å²) in [6.07, 6.45) is 2.16. The van der Waals surface area contributed by atoms with Crippen molar-refractivity contribution in [3.63, 3.8) is 0 Å². The first-order valence-electron chi connectivity index (χ1n) is 9.20. The van der Waals surface area contributed by atoms with Crippen LogP contribution in [0.15, 0.2) is 29.3 Å². The van der Waals surface area contributed by atoms with Crippen molar-refractivity contribution in [2.45, 2.75) is 12.8 Å². The normalized spacial score (nSPS) is 15.3. The molecule has 1 saturated heterocycles. The summed E-state index contributed by atoms with van der Waals surface area (Å²) >= 11 is 0. The molecule has 0 aromatic heterocycles. The van der Waals surface area contributed by atoms with Gasteiger partial charge in [-0.2, -0.15) is 0 Å². The van der Waals surface area contributed by atoms with Crippen LogP contribution in [-0.4, -0.2) is 77.9 Å². The lowest BCUT2D eigenvalue weighted by Gasteiger charge is -2.26. The van der Waals surface area contributed by atoms with Crippen molar-refractivity contribution in [1.29, 1.82) is 0 Å². The Hall–Kier alpha value is -1.06. The van der Waals surface area contributed by atoms with Crippen LogP contribution in [0.5, 0.6) is 0 Å². The monoisotopic (exact) mass is 475 g/mol. The highest BCUT2D eigenvalue weighted by molar-refractivity contribution is 14.0. The van der Waals surface area contributed by atoms with Crippen molar-refractivity contribution in [2.75, 3.05) is 72.0 Å². The molecular formula is C19H34IN5O. The lowest BCUT2D eigenvalue weighted by atomic mass is 10.1. The van der Waals surface area contributed by atoms with Crippen molar-refractivity contribution in [3.05, 3.63) is 29.8 Å². The number of ether oxygens (including phenoxy) is 1. The highest BCUT2D eigenvalue weighted by Gasteiger charge is 2.09. The number of benzene rings is 1. The number of guanidine groups is 1. The fraction of sp³-hybridized carbons (Fsp3) is 0.632. The molecule has 148 valence electrons. The third-order valence-corrected chi connectivity index (χ3v) is 4.44. The van der Waals surface area contributed by atoms with Gasteiger partial charge in [-0.15, -0.1) is 24.0 Å². The van der Waals surface area contributed by atoms with Gasteiger partial charge in [-0.05, 0) is 30.5 Å². The van der Waals surface area contributed by atoms with Gasteiger partial charge in [-0.25, -0.2) is 0 Å². The van der Waals surface area contributed by atoms with Crippen molar-refractivity contribution in [2.24, 2.45) is 4.99 Å². The predicted octanol–water partition coefficient (Wildman–Crippen LogP) is 1.80. The van der Waals surface area contributed by atoms with E-state index in [0.29, 0.717) is 0 Å². The summed E-state index contributed by atoms with van der Waals surface area (Å²) in [5.41, 5.74) is 2.62. The number of nitrogens with zero attached hydrogens (tertiary/aromatic N) is 3. The molecule has 7 heteroatoms. The summed E-state index contributed by atoms with van der Waals surface area (Å²) in [5, 5.41) is 6.78. The van der Waals surface area contributed by atoms with Crippen LogP contribution >= 0.6 is 24.0 Å². The average molecular weight is 475 g/mol. The second kappa shape index (κ2) is 13.2. The molecule has 1 heterocycles. The van der Waals surface area contributed by atoms with Crippen molar-refractivity contribution in [1.82, 2.24) is 15.5 Å². The van der Waals surface area contributed by atoms with E-state index in [1.54, 1.807) is 0 Å². The second-order valence-electron chi connectivity index (χ2n) is 6.54. The third kappa shape index (κ3) is 8.55. The van der Waals surface area contributed by atoms with Gasteiger partial charge >= 0.3 is 0 Å². The van der Waals surface area contributed by atoms with E-state index in [4.69, 9.17) is 4.74 Å². The van der Waals surface area contributed by atoms with E-state index < -0.39 is 0 Å². The Morgan fingerprint density at radius 2 is 1.77 bits per heavy atom. The molecule has 1 fully saturated rings. The molecule has 2 rings (SSSR count). The highest BCUT2D eigenvalue weighted by Crippen LogP contribution is 2.13. The first-order valence-corrected chi connectivity index (χ1v) is 9.20. The quantitative estimate of drug-likeness (QED) is 0.260. The first kappa shape index (κ1) is 23.0. The molecule has 1 aromatic rings. The molecule has 0 atom stereocenters. The van der Waals surface area contributed by atoms with E-state index >= 15 is 0 Å². The fourth-order valence-corrected chi connectivity index (χ4v) is 2.84. The van der Waals surface area contributed by atoms with Crippen molar-refractivity contribution >= 4 is 35.6 Å². The van der Waals surface area contributed by atoms with Gasteiger partial charge in [0, 0.05) is 59.6 Å². The average Bonchev–Trinajstić information content (AvgIpc) is 2.65. The standard InChI is InChI=1S/C19H33N5O.HI/c1-20-19(22-11-12-24-13-15-25-16-14-24)21-10-4-5-17-6-8-18(9-7-17)23(2)3;/h6-9H,4-5,10-16H2,1-3H3,(H2,20,21,22);1H. The molecule has 2 N–H and O–H groups in total. The Kier molecular flexibility index (Phi) is 11.6. The number of aryl methyl sites for hydroxylation is 1. The summed E-state index contributed by atoms with van der Waals surface area (Å²) in [5.74, 6) is 0.885. The van der Waals surface area contributed by atoms with Crippen molar-refractivity contribution < 1.29 is 4.74 Å². The predicted molar refractivity (Wildman–Crippen MR) is 121 cm³/mol. The smallest absolute Gasteiger partial charge is 0.191 e. The number of anilines is 1. The Balaban J connectivity index is 0.00000338. The lowest BCUT2D eigenvalue weighted by Crippen LogP contribution is -2.44. The van der Waals surface area contributed by atoms with Crippen LogP contribution in [0.2, 0.25) is 0 Å². The minimum absolute atomic E-state index is 0. The van der Waals surface area contributed by atoms with Crippen LogP contribution in [0.1, 0.15) is 12.0 Å². The zero-order chi connectivity index (χ0) is 17.9. The number of rotatable bonds is 8. The summed E-state index contributed by atoms with van der Waals surface area (Å²) in [6, 6.07) is 8.78. The molecule has 0 aliphatic carbocycles. The SMILES string of the molecule is CN=C(NCCCc1ccc(N(C)C)cc1)NCCN1CCOCC1.I. The first-order chi connectivity index (χ1) is 12.2. The Morgan fingerprint density at radius 1 is 1.12 bits per heavy atom. The number of nitrogens with one attached hydrogen (secondary N) is 2. The van der Waals surface area contributed by atoms with E-state index in [1.807, 2.05) is 7.05 Å². The van der Waals surface area contributed by atoms with Crippen LogP contribution in [0, 0.1) is 0 Å². The van der Waals surface area contributed by atoms with Gasteiger partial charge < -0.3 is 20.3 Å². The Bertz CT molecular complexity index is 515. The molecule has 1 aromatic carbocycles. The maximum atomic E-state index is 5.37. The summed E-state index contributed by atoms with van der Waals surface area (Å²) < 4.78 is 5.37. The van der Waals surface area contributed by atoms with E-state index in [0.717, 1.165) is 64.7 Å². The fourth-order valence-electron chi connectivity index (χ4n) is 2.84. The second-order valence-corrected chi connectivity index (χ2v) is 6.54. The van der Waals surface area contributed by atoms with Gasteiger partial charge in [-0.3, -0.25) is 9.89 Å². The van der Waals surface area contributed by atoms with Crippen LogP contribution in [-0.2, 0) is 11.2 Å². The summed E-state index contributed by atoms with van der Waals surface area (Å²) in [7, 11) is 5.96. The molecule has 0 spiro atoms. The maximum Gasteiger partial charge on any atom is 0.191 e. The van der Waals surface area contributed by atoms with Gasteiger partial charge in [0.1, 0.15) is 0 Å². The topological polar surface area (TPSA) is 52.1 Å². The van der Waals surface area contributed by atoms with Gasteiger partial charge in [0.15, 0.2) is 5.96 Å². The number of hydrogen-bond acceptors (Lipinski definition) is 4. The molecule has 1 aliphatic rings. The molecule has 0 radical (unpaired) electrons. The minimum atomic E-state index is 0. The third-order valence-electron chi connectivity index (χ3n) is 4.44. The van der Waals surface area contributed by atoms with Crippen LogP contribution in [0.3, 0.4) is 0 Å². The maximum absolute atomic E-state index is 5.37. The Labute approximate surface area is 175 Å². The molecule has 0 saturated carbocycles. The van der Waals surface area contributed by atoms with Crippen LogP contribution in [0.4, 0.5) is 5.69 Å². The van der Waals surface area contributed by atoms with Crippen LogP contribution in [0.25, 0.3) is 0 Å². The molecule has 0 amide bonds. The molecule has 6 nitrogen and oxygen atoms in total. The highest BCUT2D eigenvalue weighted by atomic mass is 127. The molecule has 0 bridgehead atoms. The zero-order valence-electron chi connectivity index (χ0n) is 16.3. The Morgan fingerprint density at radius 3 is 2.38 bits per heavy atom. The van der Waals surface area contributed by atoms with E-state index in [9.17, 15) is 0 Å². The molecule has 1 aliphatic heterocycles. The number of hydrogen-bond donors (Lipinski definition) is 2. The largest absolute Gasteiger partial charge is 0.379 e. The van der Waals surface area contributed by atoms with Crippen LogP contribution < -0.4 is 15.5 Å². The summed E-state index contributed by atoms with van der Waals surface area (Å²) in [6.45, 7) is 6.62. The number of aliphatic imine (C=N–C) groups is 1. The van der Waals surface area contributed by atoms with E-state index in [2.05, 4.69) is 63.8 Å². The van der Waals surface area contributed by atoms with Gasteiger partial charge in [-0.1, -0.05) is 12.1 Å². The van der Waals surface area contributed by atoms with Gasteiger partial charge in [0.05, 0.1) is 13.2 Å². The summed E-state index contributed by atoms with van der Waals surface area (Å²) in [4.78, 5) is 8.83. The molecule has 0 unspecified atom stereocenters. The number of halogens is 1. The molecule has 26 heavy (non-hydrogen) atoms. The van der Waals surface area contributed by atoms with Gasteiger partial charge in [0.25, 0.3) is 0 Å². The lowest BCUT2D eigenvalue weighted by molar-refractivity contribution is 0.0389. The zero-order valence-corrected chi connectivity index (χ0v) is 18.7. The molecular weight excluding hydrogens is 441 g/mol. The van der Waals surface area contributed by atoms with E-state index in [-0.39, 0.29) is 24.0 Å². The number of morpholine rings is 1.